The summed E-state index contributed by atoms with van der Waals surface area (Å²) in [5.41, 5.74) is 33.5. The molecular weight excluding hydrogens is 1550 g/mol. The van der Waals surface area contributed by atoms with Gasteiger partial charge in [0.15, 0.2) is 0 Å². The van der Waals surface area contributed by atoms with Gasteiger partial charge in [-0.3, -0.25) is 29.5 Å². The summed E-state index contributed by atoms with van der Waals surface area (Å²) in [5.74, 6) is 0.942. The van der Waals surface area contributed by atoms with Crippen molar-refractivity contribution in [1.82, 2.24) is 49.4 Å². The molecule has 0 fully saturated rings. The zero-order valence-corrected chi connectivity index (χ0v) is 68.9. The van der Waals surface area contributed by atoms with E-state index in [-0.39, 0.29) is 0 Å². The quantitative estimate of drug-likeness (QED) is 0.104. The van der Waals surface area contributed by atoms with Crippen molar-refractivity contribution in [3.05, 3.63) is 462 Å². The van der Waals surface area contributed by atoms with Crippen LogP contribution in [0.15, 0.2) is 462 Å². The Balaban J connectivity index is 0.000000113. The Labute approximate surface area is 733 Å². The Morgan fingerprint density at radius 3 is 0.882 bits per heavy atom. The molecule has 0 aliphatic carbocycles. The van der Waals surface area contributed by atoms with Gasteiger partial charge in [0.2, 0.25) is 0 Å². The van der Waals surface area contributed by atoms with Crippen molar-refractivity contribution in [2.24, 2.45) is 0 Å². The first-order chi connectivity index (χ1) is 62.9. The lowest BCUT2D eigenvalue weighted by atomic mass is 9.93. The normalized spacial score (nSPS) is 11.3. The molecular formula is C117H76N10. The molecule has 8 aromatic heterocycles. The topological polar surface area (TPSA) is 121 Å². The molecule has 0 aliphatic heterocycles. The maximum absolute atomic E-state index is 5.05. The lowest BCUT2D eigenvalue weighted by Crippen LogP contribution is -1.97. The Bertz CT molecular complexity index is 8120. The summed E-state index contributed by atoms with van der Waals surface area (Å²) < 4.78 is 2.24. The molecule has 0 atom stereocenters. The average molecular weight is 1620 g/mol. The van der Waals surface area contributed by atoms with E-state index >= 15 is 0 Å². The van der Waals surface area contributed by atoms with Gasteiger partial charge in [-0.1, -0.05) is 309 Å². The molecule has 10 heteroatoms. The molecule has 0 spiro atoms. The molecule has 0 aliphatic rings. The number of rotatable bonds is 13. The van der Waals surface area contributed by atoms with Crippen LogP contribution < -0.4 is 0 Å². The monoisotopic (exact) mass is 1620 g/mol. The zero-order valence-electron chi connectivity index (χ0n) is 68.9. The largest absolute Gasteiger partial charge is 0.292 e. The van der Waals surface area contributed by atoms with Gasteiger partial charge in [0.1, 0.15) is 5.82 Å². The van der Waals surface area contributed by atoms with Crippen molar-refractivity contribution in [3.63, 3.8) is 0 Å². The molecule has 0 N–H and O–H groups in total. The van der Waals surface area contributed by atoms with Crippen molar-refractivity contribution in [2.75, 3.05) is 0 Å². The number of benzene rings is 16. The first kappa shape index (κ1) is 76.0. The third-order valence-corrected chi connectivity index (χ3v) is 23.9. The van der Waals surface area contributed by atoms with Crippen molar-refractivity contribution in [2.45, 2.75) is 0 Å². The van der Waals surface area contributed by atoms with E-state index in [2.05, 4.69) is 351 Å². The number of imidazole rings is 1. The minimum Gasteiger partial charge on any atom is -0.292 e. The smallest absolute Gasteiger partial charge is 0.145 e. The van der Waals surface area contributed by atoms with Crippen LogP contribution in [0.3, 0.4) is 0 Å². The van der Waals surface area contributed by atoms with Gasteiger partial charge in [0.25, 0.3) is 0 Å². The second-order valence-electron chi connectivity index (χ2n) is 31.6. The molecule has 24 aromatic rings. The Morgan fingerprint density at radius 2 is 0.488 bits per heavy atom. The summed E-state index contributed by atoms with van der Waals surface area (Å²) in [6.07, 6.45) is 12.8. The zero-order chi connectivity index (χ0) is 84.4. The highest BCUT2D eigenvalue weighted by Gasteiger charge is 2.20. The van der Waals surface area contributed by atoms with Crippen LogP contribution in [-0.4, -0.2) is 49.4 Å². The second-order valence-corrected chi connectivity index (χ2v) is 31.6. The number of aromatic nitrogens is 10. The summed E-state index contributed by atoms with van der Waals surface area (Å²) in [4.78, 5) is 42.4. The molecule has 8 heterocycles. The van der Waals surface area contributed by atoms with Crippen LogP contribution in [0.5, 0.6) is 0 Å². The summed E-state index contributed by atoms with van der Waals surface area (Å²) in [7, 11) is 0. The fraction of sp³-hybridized carbons (Fsp3) is 0. The van der Waals surface area contributed by atoms with Gasteiger partial charge in [-0.2, -0.15) is 0 Å². The van der Waals surface area contributed by atoms with Crippen molar-refractivity contribution < 1.29 is 0 Å². The highest BCUT2D eigenvalue weighted by molar-refractivity contribution is 6.15. The predicted molar refractivity (Wildman–Crippen MR) is 524 cm³/mol. The van der Waals surface area contributed by atoms with Crippen LogP contribution in [0.1, 0.15) is 0 Å². The lowest BCUT2D eigenvalue weighted by Gasteiger charge is -2.12. The molecule has 0 amide bonds. The average Bonchev–Trinajstić information content (AvgIpc) is 0.930. The van der Waals surface area contributed by atoms with E-state index in [1.54, 1.807) is 24.8 Å². The van der Waals surface area contributed by atoms with E-state index in [9.17, 15) is 0 Å². The lowest BCUT2D eigenvalue weighted by molar-refractivity contribution is 1.10. The molecule has 594 valence electrons. The highest BCUT2D eigenvalue weighted by atomic mass is 15.1. The first-order valence-corrected chi connectivity index (χ1v) is 42.6. The van der Waals surface area contributed by atoms with Crippen LogP contribution >= 0.6 is 0 Å². The number of pyridine rings is 6. The van der Waals surface area contributed by atoms with Gasteiger partial charge >= 0.3 is 0 Å². The van der Waals surface area contributed by atoms with Crippen LogP contribution in [0.2, 0.25) is 0 Å². The van der Waals surface area contributed by atoms with Crippen LogP contribution in [-0.2, 0) is 0 Å². The minimum absolute atomic E-state index is 0.888. The van der Waals surface area contributed by atoms with Crippen LogP contribution in [0, 0.1) is 0 Å². The number of hydrogen-bond acceptors (Lipinski definition) is 9. The second kappa shape index (κ2) is 33.7. The SMILES string of the molecule is c1ccc(-c2nc3ccccc3nc2-c2ccc(-c3ccc(-c4cc5cccnc5c5ccccc45)cc3)cc2)cc1.c1ccc(-n2c(-c3ccc(-c4ccc(-c5cc6cccnc6c6ccccc56)cc4)cc3)nc3ccccc32)cc1.c1cnc2c(c1)cc(-c1ccc(-c3ccc(-c4cc(-c5ccncc5)nc(-c5ccncc5)c4)cc3)cc1)c1ccccc12. The van der Waals surface area contributed by atoms with Gasteiger partial charge in [-0.05, 0) is 203 Å². The predicted octanol–water partition coefficient (Wildman–Crippen LogP) is 29.6. The van der Waals surface area contributed by atoms with E-state index in [4.69, 9.17) is 19.9 Å². The van der Waals surface area contributed by atoms with E-state index in [0.717, 1.165) is 134 Å². The molecule has 0 unspecified atom stereocenters. The molecule has 0 radical (unpaired) electrons. The maximum Gasteiger partial charge on any atom is 0.145 e. The van der Waals surface area contributed by atoms with Gasteiger partial charge in [-0.25, -0.2) is 19.9 Å². The fourth-order valence-electron chi connectivity index (χ4n) is 17.6. The van der Waals surface area contributed by atoms with Crippen molar-refractivity contribution >= 4 is 87.1 Å². The molecule has 10 nitrogen and oxygen atoms in total. The van der Waals surface area contributed by atoms with E-state index < -0.39 is 0 Å². The van der Waals surface area contributed by atoms with E-state index in [1.165, 1.54) is 93.5 Å². The molecule has 127 heavy (non-hydrogen) atoms. The molecule has 24 rings (SSSR count). The molecule has 0 saturated carbocycles. The number of para-hydroxylation sites is 5. The maximum atomic E-state index is 5.05. The Morgan fingerprint density at radius 1 is 0.181 bits per heavy atom. The van der Waals surface area contributed by atoms with E-state index in [1.807, 2.05) is 116 Å². The number of nitrogens with zero attached hydrogens (tertiary/aromatic N) is 10. The first-order valence-electron chi connectivity index (χ1n) is 42.6. The fourth-order valence-corrected chi connectivity index (χ4v) is 17.6. The number of fused-ring (bicyclic) bond motifs is 11. The molecule has 0 saturated heterocycles. The van der Waals surface area contributed by atoms with E-state index in [0.29, 0.717) is 0 Å². The van der Waals surface area contributed by atoms with Gasteiger partial charge in [-0.15, -0.1) is 0 Å². The van der Waals surface area contributed by atoms with Crippen LogP contribution in [0.4, 0.5) is 0 Å². The minimum atomic E-state index is 0.888. The summed E-state index contributed by atoms with van der Waals surface area (Å²) in [5, 5.41) is 10.6. The van der Waals surface area contributed by atoms with Crippen LogP contribution in [0.25, 0.3) is 227 Å². The van der Waals surface area contributed by atoms with Crippen molar-refractivity contribution in [1.29, 1.82) is 0 Å². The highest BCUT2D eigenvalue weighted by Crippen LogP contribution is 2.42. The summed E-state index contributed by atoms with van der Waals surface area (Å²) in [6.45, 7) is 0. The number of hydrogen-bond donors (Lipinski definition) is 0. The molecule has 16 aromatic carbocycles. The summed E-state index contributed by atoms with van der Waals surface area (Å²) in [6, 6.07) is 147. The Kier molecular flexibility index (Phi) is 20.1. The third-order valence-electron chi connectivity index (χ3n) is 23.9. The molecule has 0 bridgehead atoms. The van der Waals surface area contributed by atoms with Crippen molar-refractivity contribution in [3.8, 4) is 140 Å². The third kappa shape index (κ3) is 15.1. The standard InChI is InChI=1S/C40H26N4.C39H25N3.C38H25N3/c1-2-6-36-35(5-1)37(24-33-4-3-19-43-40(33)36)30-13-11-28(12-14-30)27-7-9-29(10-8-27)34-25-38(31-15-20-41-21-16-31)44-39(26-34)32-17-22-42-23-18-32;1-2-9-29(10-3-1)38-39(42-36-15-7-6-14-35(36)41-38)30-22-18-27(19-23-30)26-16-20-28(21-17-26)34-25-31-11-8-24-40-37(31)33-13-5-4-12-32(33)34;1-2-10-31(11-3-1)41-36-15-7-6-14-35(36)40-38(41)29-22-18-27(19-23-29)26-16-20-28(21-17-26)34-25-30-9-8-24-39-37(30)33-13-5-4-12-32(33)34/h1-26H;1-25H;1-25H. The Hall–Kier alpha value is -17.2. The van der Waals surface area contributed by atoms with Gasteiger partial charge < -0.3 is 0 Å². The van der Waals surface area contributed by atoms with Gasteiger partial charge in [0.05, 0.1) is 61.4 Å². The summed E-state index contributed by atoms with van der Waals surface area (Å²) >= 11 is 0. The van der Waals surface area contributed by atoms with Gasteiger partial charge in [0, 0.05) is 109 Å².